The summed E-state index contributed by atoms with van der Waals surface area (Å²) in [5.74, 6) is -0.0311. The van der Waals surface area contributed by atoms with Crippen LogP contribution >= 0.6 is 0 Å². The Morgan fingerprint density at radius 3 is 2.78 bits per heavy atom. The number of carbonyl (C=O) groups excluding carboxylic acids is 1. The molecule has 5 heteroatoms. The molecule has 1 aromatic carbocycles. The van der Waals surface area contributed by atoms with Gasteiger partial charge in [0.1, 0.15) is 0 Å². The molecule has 5 nitrogen and oxygen atoms in total. The number of nitrogens with zero attached hydrogens (tertiary/aromatic N) is 3. The lowest BCUT2D eigenvalue weighted by atomic mass is 10.2. The number of nitrogens with one attached hydrogen (secondary N) is 1. The van der Waals surface area contributed by atoms with Gasteiger partial charge in [-0.15, -0.1) is 0 Å². The number of amides is 1. The van der Waals surface area contributed by atoms with E-state index in [1.54, 1.807) is 29.4 Å². The maximum atomic E-state index is 12.4. The molecule has 0 aliphatic rings. The SMILES string of the molecule is CCN(Cc1ccncc1)C(=O)/C=C/c1n[nH]c2ccccc12. The molecule has 0 aliphatic carbocycles. The highest BCUT2D eigenvalue weighted by Gasteiger charge is 2.09. The van der Waals surface area contributed by atoms with E-state index in [0.29, 0.717) is 13.1 Å². The molecule has 3 rings (SSSR count). The Morgan fingerprint density at radius 1 is 1.22 bits per heavy atom. The molecule has 23 heavy (non-hydrogen) atoms. The second kappa shape index (κ2) is 6.87. The minimum absolute atomic E-state index is 0.0311. The van der Waals surface area contributed by atoms with Crippen molar-refractivity contribution in [1.29, 1.82) is 0 Å². The smallest absolute Gasteiger partial charge is 0.246 e. The van der Waals surface area contributed by atoms with Crippen LogP contribution in [0.3, 0.4) is 0 Å². The molecule has 1 N–H and O–H groups in total. The molecular weight excluding hydrogens is 288 g/mol. The Morgan fingerprint density at radius 2 is 2.00 bits per heavy atom. The van der Waals surface area contributed by atoms with Gasteiger partial charge in [-0.1, -0.05) is 18.2 Å². The maximum Gasteiger partial charge on any atom is 0.246 e. The van der Waals surface area contributed by atoms with Crippen LogP contribution in [0.5, 0.6) is 0 Å². The van der Waals surface area contributed by atoms with Crippen molar-refractivity contribution in [2.75, 3.05) is 6.54 Å². The average molecular weight is 306 g/mol. The van der Waals surface area contributed by atoms with E-state index in [1.807, 2.05) is 43.3 Å². The monoisotopic (exact) mass is 306 g/mol. The molecule has 2 heterocycles. The van der Waals surface area contributed by atoms with Crippen molar-refractivity contribution in [3.05, 3.63) is 66.1 Å². The van der Waals surface area contributed by atoms with Crippen LogP contribution in [0.25, 0.3) is 17.0 Å². The minimum Gasteiger partial charge on any atom is -0.335 e. The van der Waals surface area contributed by atoms with E-state index in [2.05, 4.69) is 15.2 Å². The lowest BCUT2D eigenvalue weighted by molar-refractivity contribution is -0.126. The quantitative estimate of drug-likeness (QED) is 0.737. The molecule has 0 saturated heterocycles. The third kappa shape index (κ3) is 3.45. The Labute approximate surface area is 134 Å². The van der Waals surface area contributed by atoms with Gasteiger partial charge in [-0.25, -0.2) is 0 Å². The van der Waals surface area contributed by atoms with Crippen LogP contribution in [0, 0.1) is 0 Å². The van der Waals surface area contributed by atoms with Gasteiger partial charge in [-0.2, -0.15) is 5.10 Å². The van der Waals surface area contributed by atoms with Gasteiger partial charge in [0, 0.05) is 36.9 Å². The van der Waals surface area contributed by atoms with E-state index >= 15 is 0 Å². The fraction of sp³-hybridized carbons (Fsp3) is 0.167. The van der Waals surface area contributed by atoms with Gasteiger partial charge in [0.05, 0.1) is 11.2 Å². The average Bonchev–Trinajstić information content (AvgIpc) is 3.01. The van der Waals surface area contributed by atoms with Crippen LogP contribution in [0.15, 0.2) is 54.9 Å². The van der Waals surface area contributed by atoms with Crippen LogP contribution in [0.2, 0.25) is 0 Å². The Balaban J connectivity index is 1.74. The molecule has 0 radical (unpaired) electrons. The van der Waals surface area contributed by atoms with Crippen LogP contribution in [-0.4, -0.2) is 32.5 Å². The minimum atomic E-state index is -0.0311. The van der Waals surface area contributed by atoms with E-state index in [0.717, 1.165) is 22.2 Å². The summed E-state index contributed by atoms with van der Waals surface area (Å²) in [6.45, 7) is 3.19. The standard InChI is InChI=1S/C18H18N4O/c1-2-22(13-14-9-11-19-12-10-14)18(23)8-7-17-15-5-3-4-6-16(15)20-21-17/h3-12H,2,13H2,1H3,(H,20,21)/b8-7+. The summed E-state index contributed by atoms with van der Waals surface area (Å²) in [7, 11) is 0. The van der Waals surface area contributed by atoms with Crippen molar-refractivity contribution >= 4 is 22.9 Å². The summed E-state index contributed by atoms with van der Waals surface area (Å²) in [6, 6.07) is 11.7. The Kier molecular flexibility index (Phi) is 4.47. The molecule has 0 atom stereocenters. The number of H-pyrrole nitrogens is 1. The van der Waals surface area contributed by atoms with Crippen molar-refractivity contribution in [3.8, 4) is 0 Å². The number of aromatic amines is 1. The summed E-state index contributed by atoms with van der Waals surface area (Å²) in [6.07, 6.45) is 6.81. The number of hydrogen-bond donors (Lipinski definition) is 1. The largest absolute Gasteiger partial charge is 0.335 e. The van der Waals surface area contributed by atoms with Gasteiger partial charge < -0.3 is 4.90 Å². The number of para-hydroxylation sites is 1. The van der Waals surface area contributed by atoms with E-state index in [-0.39, 0.29) is 5.91 Å². The topological polar surface area (TPSA) is 61.9 Å². The van der Waals surface area contributed by atoms with Crippen molar-refractivity contribution in [2.45, 2.75) is 13.5 Å². The number of benzene rings is 1. The summed E-state index contributed by atoms with van der Waals surface area (Å²) in [4.78, 5) is 18.2. The number of carbonyl (C=O) groups is 1. The summed E-state index contributed by atoms with van der Waals surface area (Å²) >= 11 is 0. The predicted molar refractivity (Wildman–Crippen MR) is 90.5 cm³/mol. The second-order valence-electron chi connectivity index (χ2n) is 5.20. The van der Waals surface area contributed by atoms with E-state index < -0.39 is 0 Å². The summed E-state index contributed by atoms with van der Waals surface area (Å²) in [5, 5.41) is 8.22. The number of hydrogen-bond acceptors (Lipinski definition) is 3. The molecule has 0 fully saturated rings. The lowest BCUT2D eigenvalue weighted by Gasteiger charge is -2.19. The first-order valence-corrected chi connectivity index (χ1v) is 7.57. The lowest BCUT2D eigenvalue weighted by Crippen LogP contribution is -2.28. The second-order valence-corrected chi connectivity index (χ2v) is 5.20. The zero-order chi connectivity index (χ0) is 16.1. The highest BCUT2D eigenvalue weighted by atomic mass is 16.2. The van der Waals surface area contributed by atoms with Crippen LogP contribution in [0.1, 0.15) is 18.2 Å². The van der Waals surface area contributed by atoms with Crippen LogP contribution in [-0.2, 0) is 11.3 Å². The summed E-state index contributed by atoms with van der Waals surface area (Å²) in [5.41, 5.74) is 2.80. The molecule has 0 bridgehead atoms. The van der Waals surface area contributed by atoms with E-state index in [4.69, 9.17) is 0 Å². The molecule has 1 amide bonds. The van der Waals surface area contributed by atoms with Gasteiger partial charge in [0.2, 0.25) is 5.91 Å². The number of fused-ring (bicyclic) bond motifs is 1. The molecule has 0 spiro atoms. The van der Waals surface area contributed by atoms with Crippen molar-refractivity contribution in [2.24, 2.45) is 0 Å². The summed E-state index contributed by atoms with van der Waals surface area (Å²) < 4.78 is 0. The zero-order valence-electron chi connectivity index (χ0n) is 12.9. The zero-order valence-corrected chi connectivity index (χ0v) is 12.9. The van der Waals surface area contributed by atoms with Gasteiger partial charge >= 0.3 is 0 Å². The van der Waals surface area contributed by atoms with Crippen LogP contribution < -0.4 is 0 Å². The highest BCUT2D eigenvalue weighted by molar-refractivity contribution is 5.95. The molecule has 0 unspecified atom stereocenters. The van der Waals surface area contributed by atoms with Gasteiger partial charge in [0.15, 0.2) is 0 Å². The number of pyridine rings is 1. The van der Waals surface area contributed by atoms with Crippen LogP contribution in [0.4, 0.5) is 0 Å². The molecule has 2 aromatic heterocycles. The molecule has 0 saturated carbocycles. The first-order valence-electron chi connectivity index (χ1n) is 7.57. The Bertz CT molecular complexity index is 823. The van der Waals surface area contributed by atoms with Gasteiger partial charge in [-0.3, -0.25) is 14.9 Å². The maximum absolute atomic E-state index is 12.4. The molecule has 0 aliphatic heterocycles. The Hall–Kier alpha value is -2.95. The van der Waals surface area contributed by atoms with E-state index in [1.165, 1.54) is 0 Å². The fourth-order valence-electron chi connectivity index (χ4n) is 2.42. The molecule has 3 aromatic rings. The third-order valence-corrected chi connectivity index (χ3v) is 3.70. The van der Waals surface area contributed by atoms with E-state index in [9.17, 15) is 4.79 Å². The third-order valence-electron chi connectivity index (χ3n) is 3.70. The predicted octanol–water partition coefficient (Wildman–Crippen LogP) is 3.02. The number of aromatic nitrogens is 3. The number of likely N-dealkylation sites (N-methyl/N-ethyl adjacent to an activating group) is 1. The van der Waals surface area contributed by atoms with Crippen molar-refractivity contribution in [1.82, 2.24) is 20.1 Å². The first kappa shape index (κ1) is 15.0. The first-order chi connectivity index (χ1) is 11.3. The molecular formula is C18H18N4O. The fourth-order valence-corrected chi connectivity index (χ4v) is 2.42. The number of rotatable bonds is 5. The van der Waals surface area contributed by atoms with Crippen molar-refractivity contribution in [3.63, 3.8) is 0 Å². The van der Waals surface area contributed by atoms with Crippen molar-refractivity contribution < 1.29 is 4.79 Å². The van der Waals surface area contributed by atoms with Gasteiger partial charge in [-0.05, 0) is 36.8 Å². The molecule has 116 valence electrons. The van der Waals surface area contributed by atoms with Gasteiger partial charge in [0.25, 0.3) is 0 Å². The normalized spacial score (nSPS) is 11.2. The highest BCUT2D eigenvalue weighted by Crippen LogP contribution is 2.16.